The van der Waals surface area contributed by atoms with E-state index in [1.807, 2.05) is 0 Å². The van der Waals surface area contributed by atoms with Gasteiger partial charge in [0, 0.05) is 20.0 Å². The number of nitrogens with zero attached hydrogens (tertiary/aromatic N) is 1. The highest BCUT2D eigenvalue weighted by Gasteiger charge is 1.98. The van der Waals surface area contributed by atoms with Gasteiger partial charge in [0.25, 0.3) is 0 Å². The van der Waals surface area contributed by atoms with Crippen LogP contribution >= 0.6 is 24.4 Å². The van der Waals surface area contributed by atoms with Crippen LogP contribution in [0.1, 0.15) is 6.42 Å². The minimum atomic E-state index is 0.372. The van der Waals surface area contributed by atoms with E-state index in [4.69, 9.17) is 11.5 Å². The Morgan fingerprint density at radius 1 is 1.40 bits per heavy atom. The van der Waals surface area contributed by atoms with E-state index in [1.54, 1.807) is 11.9 Å². The van der Waals surface area contributed by atoms with Crippen molar-refractivity contribution in [3.05, 3.63) is 0 Å². The molecule has 0 heterocycles. The van der Waals surface area contributed by atoms with Crippen LogP contribution in [0.15, 0.2) is 0 Å². The maximum Gasteiger partial charge on any atom is 0.166 e. The molecule has 4 N–H and O–H groups in total. The molecule has 0 bridgehead atoms. The van der Waals surface area contributed by atoms with Crippen LogP contribution in [-0.2, 0) is 0 Å². The third-order valence-corrected chi connectivity index (χ3v) is 1.59. The van der Waals surface area contributed by atoms with Gasteiger partial charge in [-0.2, -0.15) is 0 Å². The third-order valence-electron chi connectivity index (χ3n) is 1.07. The lowest BCUT2D eigenvalue weighted by Gasteiger charge is -2.15. The van der Waals surface area contributed by atoms with E-state index in [-0.39, 0.29) is 0 Å². The van der Waals surface area contributed by atoms with Gasteiger partial charge in [-0.05, 0) is 12.2 Å². The fraction of sp³-hybridized carbons (Fsp3) is 0.600. The van der Waals surface area contributed by atoms with Crippen LogP contribution in [0.4, 0.5) is 0 Å². The molecule has 0 aliphatic heterocycles. The Labute approximate surface area is 71.4 Å². The van der Waals surface area contributed by atoms with Crippen molar-refractivity contribution < 1.29 is 0 Å². The van der Waals surface area contributed by atoms with Gasteiger partial charge in [0.15, 0.2) is 5.11 Å². The minimum Gasteiger partial charge on any atom is -0.393 e. The van der Waals surface area contributed by atoms with Crippen LogP contribution in [-0.4, -0.2) is 28.6 Å². The molecule has 0 atom stereocenters. The third kappa shape index (κ3) is 4.46. The van der Waals surface area contributed by atoms with Crippen molar-refractivity contribution in [1.29, 1.82) is 0 Å². The van der Waals surface area contributed by atoms with E-state index < -0.39 is 0 Å². The lowest BCUT2D eigenvalue weighted by molar-refractivity contribution is 0.524. The van der Waals surface area contributed by atoms with E-state index in [1.165, 1.54) is 0 Å². The lowest BCUT2D eigenvalue weighted by Crippen LogP contribution is -2.33. The molecule has 0 rings (SSSR count). The maximum atomic E-state index is 5.30. The fourth-order valence-electron chi connectivity index (χ4n) is 0.388. The van der Waals surface area contributed by atoms with Crippen LogP contribution in [0.25, 0.3) is 0 Å². The van der Waals surface area contributed by atoms with Crippen molar-refractivity contribution in [2.45, 2.75) is 6.42 Å². The topological polar surface area (TPSA) is 55.3 Å². The molecule has 0 radical (unpaired) electrons. The quantitative estimate of drug-likeness (QED) is 0.587. The molecule has 0 unspecified atom stereocenters. The summed E-state index contributed by atoms with van der Waals surface area (Å²) < 4.78 is 0. The highest BCUT2D eigenvalue weighted by atomic mass is 32.1. The Hall–Kier alpha value is -0.420. The van der Waals surface area contributed by atoms with E-state index in [2.05, 4.69) is 24.4 Å². The monoisotopic (exact) mass is 177 g/mol. The lowest BCUT2D eigenvalue weighted by atomic mass is 10.4. The fourth-order valence-corrected chi connectivity index (χ4v) is 0.571. The highest BCUT2D eigenvalue weighted by molar-refractivity contribution is 7.80. The Bertz CT molecular complexity index is 146. The predicted molar refractivity (Wildman–Crippen MR) is 50.8 cm³/mol. The summed E-state index contributed by atoms with van der Waals surface area (Å²) in [5.41, 5.74) is 10.6. The van der Waals surface area contributed by atoms with Gasteiger partial charge in [-0.15, -0.1) is 0 Å². The zero-order valence-electron chi connectivity index (χ0n) is 5.83. The van der Waals surface area contributed by atoms with Crippen molar-refractivity contribution in [1.82, 2.24) is 4.90 Å². The second-order valence-corrected chi connectivity index (χ2v) is 2.92. The summed E-state index contributed by atoms with van der Waals surface area (Å²) in [6.45, 7) is 0.699. The summed E-state index contributed by atoms with van der Waals surface area (Å²) >= 11 is 9.36. The largest absolute Gasteiger partial charge is 0.393 e. The highest BCUT2D eigenvalue weighted by Crippen LogP contribution is 1.86. The van der Waals surface area contributed by atoms with Crippen LogP contribution in [0.5, 0.6) is 0 Å². The van der Waals surface area contributed by atoms with E-state index in [0.717, 1.165) is 0 Å². The second-order valence-electron chi connectivity index (χ2n) is 1.98. The van der Waals surface area contributed by atoms with Gasteiger partial charge in [0.05, 0.1) is 4.99 Å². The molecule has 0 aromatic rings. The minimum absolute atomic E-state index is 0.372. The second kappa shape index (κ2) is 4.40. The van der Waals surface area contributed by atoms with Crippen molar-refractivity contribution in [3.8, 4) is 0 Å². The molecule has 0 fully saturated rings. The summed E-state index contributed by atoms with van der Waals surface area (Å²) in [4.78, 5) is 2.22. The van der Waals surface area contributed by atoms with Crippen molar-refractivity contribution in [3.63, 3.8) is 0 Å². The molecule has 0 aliphatic rings. The Balaban J connectivity index is 3.49. The van der Waals surface area contributed by atoms with Gasteiger partial charge in [0.2, 0.25) is 0 Å². The van der Waals surface area contributed by atoms with Crippen molar-refractivity contribution in [2.75, 3.05) is 13.6 Å². The van der Waals surface area contributed by atoms with Gasteiger partial charge in [0.1, 0.15) is 0 Å². The summed E-state index contributed by atoms with van der Waals surface area (Å²) in [5, 5.41) is 0.372. The SMILES string of the molecule is CN(CCC(N)=S)C(N)=S. The average molecular weight is 177 g/mol. The molecular formula is C5H11N3S2. The first-order valence-corrected chi connectivity index (χ1v) is 3.64. The smallest absolute Gasteiger partial charge is 0.166 e. The molecule has 3 nitrogen and oxygen atoms in total. The number of thiocarbonyl (C=S) groups is 2. The molecule has 0 aromatic heterocycles. The molecule has 5 heteroatoms. The van der Waals surface area contributed by atoms with E-state index in [0.29, 0.717) is 23.1 Å². The molecule has 0 saturated carbocycles. The van der Waals surface area contributed by atoms with Crippen LogP contribution in [0, 0.1) is 0 Å². The van der Waals surface area contributed by atoms with Crippen LogP contribution in [0.3, 0.4) is 0 Å². The van der Waals surface area contributed by atoms with Crippen LogP contribution in [0.2, 0.25) is 0 Å². The summed E-state index contributed by atoms with van der Waals surface area (Å²) in [7, 11) is 1.81. The first kappa shape index (κ1) is 9.58. The van der Waals surface area contributed by atoms with E-state index >= 15 is 0 Å². The van der Waals surface area contributed by atoms with Gasteiger partial charge in [-0.25, -0.2) is 0 Å². The van der Waals surface area contributed by atoms with Crippen molar-refractivity contribution in [2.24, 2.45) is 11.5 Å². The zero-order chi connectivity index (χ0) is 8.15. The number of hydrogen-bond acceptors (Lipinski definition) is 2. The maximum absolute atomic E-state index is 5.30. The van der Waals surface area contributed by atoms with Gasteiger partial charge in [-0.3, -0.25) is 0 Å². The van der Waals surface area contributed by atoms with Gasteiger partial charge >= 0.3 is 0 Å². The first-order valence-electron chi connectivity index (χ1n) is 2.83. The Morgan fingerprint density at radius 3 is 2.20 bits per heavy atom. The Morgan fingerprint density at radius 2 is 1.90 bits per heavy atom. The number of rotatable bonds is 3. The summed E-state index contributed by atoms with van der Waals surface area (Å²) in [6.07, 6.45) is 0.656. The molecule has 0 aliphatic carbocycles. The molecule has 0 spiro atoms. The van der Waals surface area contributed by atoms with E-state index in [9.17, 15) is 0 Å². The van der Waals surface area contributed by atoms with Gasteiger partial charge < -0.3 is 16.4 Å². The standard InChI is InChI=1S/C5H11N3S2/c1-8(5(7)10)3-2-4(6)9/h2-3H2,1H3,(H2,6,9)(H2,7,10). The normalized spacial score (nSPS) is 8.90. The van der Waals surface area contributed by atoms with Crippen molar-refractivity contribution >= 4 is 34.5 Å². The Kier molecular flexibility index (Phi) is 4.22. The molecule has 0 aromatic carbocycles. The average Bonchev–Trinajstić information content (AvgIpc) is 1.82. The summed E-state index contributed by atoms with van der Waals surface area (Å²) in [5.74, 6) is 0. The first-order chi connectivity index (χ1) is 4.54. The molecular weight excluding hydrogens is 166 g/mol. The zero-order valence-corrected chi connectivity index (χ0v) is 7.47. The molecule has 0 saturated heterocycles. The number of hydrogen-bond donors (Lipinski definition) is 2. The van der Waals surface area contributed by atoms with Gasteiger partial charge in [-0.1, -0.05) is 12.2 Å². The molecule has 58 valence electrons. The summed E-state index contributed by atoms with van der Waals surface area (Å²) in [6, 6.07) is 0. The molecule has 10 heavy (non-hydrogen) atoms. The molecule has 0 amide bonds. The number of nitrogens with two attached hydrogens (primary N) is 2. The predicted octanol–water partition coefficient (Wildman–Crippen LogP) is -0.162. The van der Waals surface area contributed by atoms with Crippen LogP contribution < -0.4 is 11.5 Å².